The van der Waals surface area contributed by atoms with Gasteiger partial charge in [0, 0.05) is 12.7 Å². The number of aldehydes is 1. The van der Waals surface area contributed by atoms with E-state index in [9.17, 15) is 9.59 Å². The van der Waals surface area contributed by atoms with E-state index in [1.54, 1.807) is 12.3 Å². The molecule has 1 rings (SSSR count). The third-order valence-corrected chi connectivity index (χ3v) is 2.35. The zero-order valence-corrected chi connectivity index (χ0v) is 8.75. The molecule has 0 aliphatic carbocycles. The summed E-state index contributed by atoms with van der Waals surface area (Å²) < 4.78 is 1.51. The highest BCUT2D eigenvalue weighted by Crippen LogP contribution is 2.08. The highest BCUT2D eigenvalue weighted by Gasteiger charge is 2.06. The maximum atomic E-state index is 11.6. The Morgan fingerprint density at radius 1 is 1.57 bits per heavy atom. The standard InChI is InChI=1S/C10H12ClNO2/c1-2-3-5-12-6-4-9(11)8(7-13)10(12)14/h4,6-7H,2-3,5H2,1H3. The van der Waals surface area contributed by atoms with E-state index in [4.69, 9.17) is 11.6 Å². The molecule has 0 saturated carbocycles. The number of pyridine rings is 1. The summed E-state index contributed by atoms with van der Waals surface area (Å²) >= 11 is 5.69. The topological polar surface area (TPSA) is 39.1 Å². The Balaban J connectivity index is 3.09. The van der Waals surface area contributed by atoms with Gasteiger partial charge in [-0.15, -0.1) is 0 Å². The maximum Gasteiger partial charge on any atom is 0.262 e. The van der Waals surface area contributed by atoms with Gasteiger partial charge in [0.1, 0.15) is 0 Å². The van der Waals surface area contributed by atoms with E-state index >= 15 is 0 Å². The van der Waals surface area contributed by atoms with Crippen LogP contribution in [0.15, 0.2) is 17.1 Å². The number of carbonyl (C=O) groups excluding carboxylic acids is 1. The number of hydrogen-bond acceptors (Lipinski definition) is 2. The van der Waals surface area contributed by atoms with E-state index in [-0.39, 0.29) is 16.1 Å². The Kier molecular flexibility index (Phi) is 3.89. The van der Waals surface area contributed by atoms with Crippen molar-refractivity contribution < 1.29 is 4.79 Å². The molecule has 0 spiro atoms. The van der Waals surface area contributed by atoms with Gasteiger partial charge in [0.15, 0.2) is 6.29 Å². The molecule has 0 atom stereocenters. The van der Waals surface area contributed by atoms with Gasteiger partial charge < -0.3 is 4.57 Å². The summed E-state index contributed by atoms with van der Waals surface area (Å²) in [6.45, 7) is 2.68. The Labute approximate surface area is 87.3 Å². The minimum Gasteiger partial charge on any atom is -0.315 e. The fraction of sp³-hybridized carbons (Fsp3) is 0.400. The normalized spacial score (nSPS) is 10.1. The highest BCUT2D eigenvalue weighted by atomic mass is 35.5. The molecular weight excluding hydrogens is 202 g/mol. The molecule has 0 amide bonds. The smallest absolute Gasteiger partial charge is 0.262 e. The number of aromatic nitrogens is 1. The highest BCUT2D eigenvalue weighted by molar-refractivity contribution is 6.32. The number of aryl methyl sites for hydroxylation is 1. The minimum atomic E-state index is -0.305. The van der Waals surface area contributed by atoms with Crippen LogP contribution < -0.4 is 5.56 Å². The molecule has 14 heavy (non-hydrogen) atoms. The van der Waals surface area contributed by atoms with Crippen LogP contribution in [0, 0.1) is 0 Å². The third-order valence-electron chi connectivity index (χ3n) is 2.02. The lowest BCUT2D eigenvalue weighted by atomic mass is 10.3. The second kappa shape index (κ2) is 4.96. The van der Waals surface area contributed by atoms with Crippen molar-refractivity contribution in [2.75, 3.05) is 0 Å². The molecule has 0 radical (unpaired) electrons. The number of carbonyl (C=O) groups is 1. The van der Waals surface area contributed by atoms with E-state index in [0.717, 1.165) is 12.8 Å². The van der Waals surface area contributed by atoms with Crippen LogP contribution >= 0.6 is 11.6 Å². The second-order valence-corrected chi connectivity index (χ2v) is 3.45. The van der Waals surface area contributed by atoms with Crippen molar-refractivity contribution in [3.63, 3.8) is 0 Å². The van der Waals surface area contributed by atoms with Crippen molar-refractivity contribution in [2.45, 2.75) is 26.3 Å². The molecule has 1 heterocycles. The summed E-state index contributed by atoms with van der Waals surface area (Å²) in [6, 6.07) is 1.57. The molecule has 76 valence electrons. The molecule has 0 saturated heterocycles. The first-order chi connectivity index (χ1) is 6.70. The molecule has 4 heteroatoms. The lowest BCUT2D eigenvalue weighted by Crippen LogP contribution is -2.23. The van der Waals surface area contributed by atoms with Crippen molar-refractivity contribution >= 4 is 17.9 Å². The second-order valence-electron chi connectivity index (χ2n) is 3.05. The number of hydrogen-bond donors (Lipinski definition) is 0. The Bertz CT molecular complexity index is 384. The molecule has 0 aromatic carbocycles. The van der Waals surface area contributed by atoms with Crippen molar-refractivity contribution in [3.8, 4) is 0 Å². The fourth-order valence-corrected chi connectivity index (χ4v) is 1.36. The Hall–Kier alpha value is -1.09. The predicted molar refractivity (Wildman–Crippen MR) is 56.0 cm³/mol. The number of unbranched alkanes of at least 4 members (excludes halogenated alkanes) is 1. The van der Waals surface area contributed by atoms with Crippen molar-refractivity contribution in [1.29, 1.82) is 0 Å². The summed E-state index contributed by atoms with van der Waals surface area (Å²) in [5.74, 6) is 0. The molecule has 0 unspecified atom stereocenters. The first kappa shape index (κ1) is 11.0. The molecule has 1 aromatic heterocycles. The Morgan fingerprint density at radius 2 is 2.29 bits per heavy atom. The molecule has 3 nitrogen and oxygen atoms in total. The number of halogens is 1. The van der Waals surface area contributed by atoms with E-state index in [1.165, 1.54) is 4.57 Å². The van der Waals surface area contributed by atoms with Crippen LogP contribution in [0.1, 0.15) is 30.1 Å². The van der Waals surface area contributed by atoms with Crippen molar-refractivity contribution in [3.05, 3.63) is 33.2 Å². The SMILES string of the molecule is CCCCn1ccc(Cl)c(C=O)c1=O. The monoisotopic (exact) mass is 213 g/mol. The quantitative estimate of drug-likeness (QED) is 0.719. The van der Waals surface area contributed by atoms with Gasteiger partial charge in [0.2, 0.25) is 0 Å². The van der Waals surface area contributed by atoms with Gasteiger partial charge in [-0.1, -0.05) is 24.9 Å². The molecule has 0 bridgehead atoms. The summed E-state index contributed by atoms with van der Waals surface area (Å²) in [5, 5.41) is 0.220. The Morgan fingerprint density at radius 3 is 2.86 bits per heavy atom. The number of nitrogens with zero attached hydrogens (tertiary/aromatic N) is 1. The number of rotatable bonds is 4. The van der Waals surface area contributed by atoms with Crippen molar-refractivity contribution in [2.24, 2.45) is 0 Å². The van der Waals surface area contributed by atoms with Gasteiger partial charge in [-0.05, 0) is 12.5 Å². The predicted octanol–water partition coefficient (Wildman–Crippen LogP) is 2.11. The van der Waals surface area contributed by atoms with E-state index < -0.39 is 0 Å². The van der Waals surface area contributed by atoms with Crippen LogP contribution in [0.2, 0.25) is 5.02 Å². The van der Waals surface area contributed by atoms with Crippen LogP contribution in [0.3, 0.4) is 0 Å². The van der Waals surface area contributed by atoms with Crippen LogP contribution in [0.5, 0.6) is 0 Å². The van der Waals surface area contributed by atoms with Crippen LogP contribution in [0.25, 0.3) is 0 Å². The molecule has 0 fully saturated rings. The summed E-state index contributed by atoms with van der Waals surface area (Å²) in [5.41, 5.74) is -0.258. The zero-order valence-electron chi connectivity index (χ0n) is 8.00. The first-order valence-corrected chi connectivity index (χ1v) is 4.92. The van der Waals surface area contributed by atoms with Gasteiger partial charge in [-0.2, -0.15) is 0 Å². The minimum absolute atomic E-state index is 0.0465. The average Bonchev–Trinajstić information content (AvgIpc) is 2.18. The van der Waals surface area contributed by atoms with Gasteiger partial charge in [-0.25, -0.2) is 0 Å². The van der Waals surface area contributed by atoms with Gasteiger partial charge >= 0.3 is 0 Å². The van der Waals surface area contributed by atoms with E-state index in [1.807, 2.05) is 6.92 Å². The lowest BCUT2D eigenvalue weighted by Gasteiger charge is -2.05. The van der Waals surface area contributed by atoms with Gasteiger partial charge in [-0.3, -0.25) is 9.59 Å². The fourth-order valence-electron chi connectivity index (χ4n) is 1.18. The maximum absolute atomic E-state index is 11.6. The summed E-state index contributed by atoms with van der Waals surface area (Å²) in [7, 11) is 0. The zero-order chi connectivity index (χ0) is 10.6. The van der Waals surface area contributed by atoms with Crippen molar-refractivity contribution in [1.82, 2.24) is 4.57 Å². The van der Waals surface area contributed by atoms with E-state index in [0.29, 0.717) is 12.8 Å². The van der Waals surface area contributed by atoms with Crippen LogP contribution in [-0.2, 0) is 6.54 Å². The van der Waals surface area contributed by atoms with E-state index in [2.05, 4.69) is 0 Å². The van der Waals surface area contributed by atoms with Gasteiger partial charge in [0.25, 0.3) is 5.56 Å². The molecule has 0 aliphatic heterocycles. The van der Waals surface area contributed by atoms with Crippen LogP contribution in [0.4, 0.5) is 0 Å². The van der Waals surface area contributed by atoms with Gasteiger partial charge in [0.05, 0.1) is 10.6 Å². The largest absolute Gasteiger partial charge is 0.315 e. The lowest BCUT2D eigenvalue weighted by molar-refractivity contribution is 0.112. The third kappa shape index (κ3) is 2.23. The molecule has 0 N–H and O–H groups in total. The van der Waals surface area contributed by atoms with Crippen LogP contribution in [-0.4, -0.2) is 10.9 Å². The molecule has 0 aliphatic rings. The average molecular weight is 214 g/mol. The summed E-state index contributed by atoms with van der Waals surface area (Å²) in [6.07, 6.45) is 4.05. The molecular formula is C10H12ClNO2. The molecule has 1 aromatic rings. The first-order valence-electron chi connectivity index (χ1n) is 4.54. The summed E-state index contributed by atoms with van der Waals surface area (Å²) in [4.78, 5) is 22.2.